The van der Waals surface area contributed by atoms with Crippen LogP contribution in [0.25, 0.3) is 0 Å². The van der Waals surface area contributed by atoms with E-state index < -0.39 is 24.0 Å². The number of carboxylic acid groups (broad SMARTS) is 1. The largest absolute Gasteiger partial charge is 0.479 e. The summed E-state index contributed by atoms with van der Waals surface area (Å²) < 4.78 is 0. The zero-order chi connectivity index (χ0) is 14.2. The maximum atomic E-state index is 10.9. The smallest absolute Gasteiger partial charge is 0.336 e. The Hall–Kier alpha value is -0.690. The van der Waals surface area contributed by atoms with Crippen LogP contribution in [0, 0.1) is 0 Å². The second-order valence-corrected chi connectivity index (χ2v) is 5.02. The van der Waals surface area contributed by atoms with Gasteiger partial charge in [-0.15, -0.1) is 0 Å². The van der Waals surface area contributed by atoms with Gasteiger partial charge in [-0.05, 0) is 34.1 Å². The molecule has 6 nitrogen and oxygen atoms in total. The zero-order valence-corrected chi connectivity index (χ0v) is 11.8. The van der Waals surface area contributed by atoms with Crippen LogP contribution in [0.3, 0.4) is 0 Å². The average molecular weight is 264 g/mol. The van der Waals surface area contributed by atoms with Crippen LogP contribution in [-0.2, 0) is 24.3 Å². The van der Waals surface area contributed by atoms with Gasteiger partial charge in [-0.3, -0.25) is 0 Å². The van der Waals surface area contributed by atoms with Gasteiger partial charge < -0.3 is 5.11 Å². The van der Waals surface area contributed by atoms with Gasteiger partial charge in [0.05, 0.1) is 5.60 Å². The van der Waals surface area contributed by atoms with E-state index in [2.05, 4.69) is 0 Å². The molecule has 2 atom stereocenters. The molecule has 0 aliphatic rings. The van der Waals surface area contributed by atoms with Gasteiger partial charge in [-0.1, -0.05) is 19.8 Å². The number of aliphatic carboxylic acids is 1. The highest BCUT2D eigenvalue weighted by molar-refractivity contribution is 5.72. The van der Waals surface area contributed by atoms with Crippen molar-refractivity contribution in [2.45, 2.75) is 71.9 Å². The molecule has 0 aromatic heterocycles. The fourth-order valence-corrected chi connectivity index (χ4v) is 0.976. The minimum atomic E-state index is -1.05. The number of hydrogen-bond donors (Lipinski definition) is 1. The molecule has 18 heavy (non-hydrogen) atoms. The Morgan fingerprint density at radius 1 is 1.22 bits per heavy atom. The molecule has 0 heterocycles. The van der Waals surface area contributed by atoms with E-state index in [4.69, 9.17) is 24.7 Å². The molecule has 0 saturated heterocycles. The van der Waals surface area contributed by atoms with Crippen molar-refractivity contribution in [3.05, 3.63) is 0 Å². The van der Waals surface area contributed by atoms with Crippen molar-refractivity contribution < 1.29 is 29.5 Å². The topological polar surface area (TPSA) is 74.2 Å². The maximum absolute atomic E-state index is 10.9. The monoisotopic (exact) mass is 264 g/mol. The van der Waals surface area contributed by atoms with Gasteiger partial charge in [0.25, 0.3) is 0 Å². The highest BCUT2D eigenvalue weighted by Crippen LogP contribution is 2.11. The van der Waals surface area contributed by atoms with Crippen LogP contribution in [0.5, 0.6) is 0 Å². The van der Waals surface area contributed by atoms with Crippen molar-refractivity contribution in [2.75, 3.05) is 0 Å². The molecule has 0 radical (unpaired) electrons. The summed E-state index contributed by atoms with van der Waals surface area (Å²) in [5.74, 6) is -1.05. The van der Waals surface area contributed by atoms with E-state index in [0.717, 1.165) is 12.8 Å². The summed E-state index contributed by atoms with van der Waals surface area (Å²) in [5.41, 5.74) is -0.466. The summed E-state index contributed by atoms with van der Waals surface area (Å²) in [7, 11) is 0. The van der Waals surface area contributed by atoms with E-state index in [1.54, 1.807) is 6.92 Å². The third-order valence-corrected chi connectivity index (χ3v) is 1.84. The number of rotatable bonds is 9. The number of carboxylic acids is 1. The highest BCUT2D eigenvalue weighted by atomic mass is 17.3. The van der Waals surface area contributed by atoms with Crippen LogP contribution in [0.4, 0.5) is 0 Å². The summed E-state index contributed by atoms with van der Waals surface area (Å²) in [5, 5.41) is 8.89. The molecule has 0 aromatic rings. The summed E-state index contributed by atoms with van der Waals surface area (Å²) in [6, 6.07) is 0. The molecule has 108 valence electrons. The van der Waals surface area contributed by atoms with Crippen LogP contribution < -0.4 is 0 Å². The Morgan fingerprint density at radius 2 is 1.83 bits per heavy atom. The average Bonchev–Trinajstić information content (AvgIpc) is 2.25. The fraction of sp³-hybridized carbons (Fsp3) is 0.917. The Morgan fingerprint density at radius 3 is 2.28 bits per heavy atom. The maximum Gasteiger partial charge on any atom is 0.336 e. The van der Waals surface area contributed by atoms with Crippen molar-refractivity contribution in [1.29, 1.82) is 0 Å². The van der Waals surface area contributed by atoms with Gasteiger partial charge in [0.2, 0.25) is 6.29 Å². The highest BCUT2D eigenvalue weighted by Gasteiger charge is 2.21. The van der Waals surface area contributed by atoms with Crippen LogP contribution in [-0.4, -0.2) is 29.1 Å². The lowest BCUT2D eigenvalue weighted by atomic mass is 10.2. The van der Waals surface area contributed by atoms with Gasteiger partial charge in [-0.2, -0.15) is 0 Å². The first-order valence-electron chi connectivity index (χ1n) is 6.15. The summed E-state index contributed by atoms with van der Waals surface area (Å²) in [6.45, 7) is 9.00. The first-order chi connectivity index (χ1) is 8.26. The third kappa shape index (κ3) is 9.35. The Bertz CT molecular complexity index is 235. The van der Waals surface area contributed by atoms with Gasteiger partial charge >= 0.3 is 5.97 Å². The van der Waals surface area contributed by atoms with Crippen molar-refractivity contribution in [2.24, 2.45) is 0 Å². The molecule has 6 heteroatoms. The molecule has 0 aliphatic carbocycles. The predicted octanol–water partition coefficient (Wildman–Crippen LogP) is 2.67. The lowest BCUT2D eigenvalue weighted by Crippen LogP contribution is -2.29. The van der Waals surface area contributed by atoms with Crippen LogP contribution in [0.1, 0.15) is 53.9 Å². The molecule has 0 bridgehead atoms. The Balaban J connectivity index is 3.92. The number of unbranched alkanes of at least 4 members (excludes halogenated alkanes) is 1. The molecule has 1 N–H and O–H groups in total. The van der Waals surface area contributed by atoms with Crippen molar-refractivity contribution >= 4 is 5.97 Å². The van der Waals surface area contributed by atoms with E-state index >= 15 is 0 Å². The van der Waals surface area contributed by atoms with Gasteiger partial charge in [0.15, 0.2) is 6.10 Å². The van der Waals surface area contributed by atoms with E-state index in [0.29, 0.717) is 6.42 Å². The second-order valence-electron chi connectivity index (χ2n) is 5.02. The quantitative estimate of drug-likeness (QED) is 0.392. The molecule has 0 aromatic carbocycles. The molecule has 2 unspecified atom stereocenters. The predicted molar refractivity (Wildman–Crippen MR) is 64.5 cm³/mol. The molecule has 0 fully saturated rings. The molecule has 0 rings (SSSR count). The van der Waals surface area contributed by atoms with Crippen LogP contribution in [0.2, 0.25) is 0 Å². The lowest BCUT2D eigenvalue weighted by Gasteiger charge is -2.21. The molecular formula is C12H24O6. The van der Waals surface area contributed by atoms with E-state index in [1.807, 2.05) is 27.7 Å². The van der Waals surface area contributed by atoms with Gasteiger partial charge in [-0.25, -0.2) is 24.3 Å². The van der Waals surface area contributed by atoms with Crippen LogP contribution >= 0.6 is 0 Å². The van der Waals surface area contributed by atoms with E-state index in [-0.39, 0.29) is 0 Å². The number of hydrogen-bond acceptors (Lipinski definition) is 5. The Labute approximate surface area is 108 Å². The van der Waals surface area contributed by atoms with E-state index in [9.17, 15) is 4.79 Å². The summed E-state index contributed by atoms with van der Waals surface area (Å²) in [6.07, 6.45) is 0.275. The standard InChI is InChI=1S/C12H24O6/c1-6-7-8-10(11(13)14)17-15-9(2)16-18-12(3,4)5/h9-10H,6-8H2,1-5H3,(H,13,14). The molecule has 0 spiro atoms. The Kier molecular flexibility index (Phi) is 8.10. The van der Waals surface area contributed by atoms with Crippen molar-refractivity contribution in [1.82, 2.24) is 0 Å². The molecule has 0 aliphatic heterocycles. The minimum Gasteiger partial charge on any atom is -0.479 e. The minimum absolute atomic E-state index is 0.401. The number of carbonyl (C=O) groups is 1. The van der Waals surface area contributed by atoms with Crippen LogP contribution in [0.15, 0.2) is 0 Å². The lowest BCUT2D eigenvalue weighted by molar-refractivity contribution is -0.482. The zero-order valence-electron chi connectivity index (χ0n) is 11.8. The SMILES string of the molecule is CCCCC(OOC(C)OOC(C)(C)C)C(=O)O. The van der Waals surface area contributed by atoms with E-state index in [1.165, 1.54) is 0 Å². The van der Waals surface area contributed by atoms with Gasteiger partial charge in [0.1, 0.15) is 0 Å². The van der Waals surface area contributed by atoms with Crippen molar-refractivity contribution in [3.8, 4) is 0 Å². The first kappa shape index (κ1) is 17.3. The molecule has 0 amide bonds. The summed E-state index contributed by atoms with van der Waals surface area (Å²) >= 11 is 0. The molecule has 0 saturated carbocycles. The fourth-order valence-electron chi connectivity index (χ4n) is 0.976. The summed E-state index contributed by atoms with van der Waals surface area (Å²) in [4.78, 5) is 30.4. The first-order valence-corrected chi connectivity index (χ1v) is 6.15. The van der Waals surface area contributed by atoms with Gasteiger partial charge in [0, 0.05) is 0 Å². The second kappa shape index (κ2) is 8.42. The van der Waals surface area contributed by atoms with Crippen molar-refractivity contribution in [3.63, 3.8) is 0 Å². The molecular weight excluding hydrogens is 240 g/mol. The third-order valence-electron chi connectivity index (χ3n) is 1.84. The normalized spacial score (nSPS) is 15.4.